The Balaban J connectivity index is 0.00000544. The number of ether oxygens (including phenoxy) is 1. The first-order chi connectivity index (χ1) is 15.0. The van der Waals surface area contributed by atoms with Crippen LogP contribution < -0.4 is 34.7 Å². The van der Waals surface area contributed by atoms with Crippen LogP contribution in [0, 0.1) is 23.2 Å². The summed E-state index contributed by atoms with van der Waals surface area (Å²) in [5, 5.41) is 41.1. The molecule has 3 N–H and O–H groups in total. The van der Waals surface area contributed by atoms with Crippen molar-refractivity contribution in [3.05, 3.63) is 23.8 Å². The molecule has 7 nitrogen and oxygen atoms in total. The van der Waals surface area contributed by atoms with E-state index in [2.05, 4.69) is 13.0 Å². The standard InChI is InChI=1S/C25H40O7.Na/c1-5-25(4,6-2)24(31)32-21-13-18(27)11-16-8-7-15(3)20(23(16)21)10-9-17(26)12-19(28)14-22(29)30;/h7-8,11,15,17-21,23,26-28H,5-6,9-10,12-14H2,1-4H3,(H,29,30);/q;+1/p-1/t15-,17+,18+,19+,20-,21-,23-;/m0./s1. The molecule has 0 bridgehead atoms. The SMILES string of the molecule is CCC(C)(CC)C(=O)O[C@H]1C[C@H](O)C=C2C=C[C@H](C)[C@H](CC[C@@H](O)C[C@@H](O)CC(=O)[O-])[C@H]21.[Na+]. The second-order valence-electron chi connectivity index (χ2n) is 9.79. The van der Waals surface area contributed by atoms with E-state index in [0.717, 1.165) is 5.57 Å². The molecule has 2 aliphatic carbocycles. The molecule has 0 heterocycles. The van der Waals surface area contributed by atoms with Crippen LogP contribution in [0.15, 0.2) is 23.8 Å². The summed E-state index contributed by atoms with van der Waals surface area (Å²) in [7, 11) is 0. The van der Waals surface area contributed by atoms with E-state index in [9.17, 15) is 30.0 Å². The van der Waals surface area contributed by atoms with Crippen molar-refractivity contribution in [3.63, 3.8) is 0 Å². The third-order valence-electron chi connectivity index (χ3n) is 7.46. The molecule has 0 aromatic heterocycles. The van der Waals surface area contributed by atoms with Crippen molar-refractivity contribution in [1.82, 2.24) is 0 Å². The summed E-state index contributed by atoms with van der Waals surface area (Å²) in [5.41, 5.74) is 0.384. The number of carbonyl (C=O) groups is 2. The van der Waals surface area contributed by atoms with Gasteiger partial charge in [-0.3, -0.25) is 4.79 Å². The van der Waals surface area contributed by atoms with Gasteiger partial charge in [0.2, 0.25) is 0 Å². The molecule has 2 rings (SSSR count). The monoisotopic (exact) mass is 474 g/mol. The van der Waals surface area contributed by atoms with Gasteiger partial charge >= 0.3 is 35.5 Å². The van der Waals surface area contributed by atoms with Crippen LogP contribution >= 0.6 is 0 Å². The molecule has 0 radical (unpaired) electrons. The molecule has 182 valence electrons. The Morgan fingerprint density at radius 3 is 2.45 bits per heavy atom. The maximum Gasteiger partial charge on any atom is 1.00 e. The van der Waals surface area contributed by atoms with E-state index >= 15 is 0 Å². The van der Waals surface area contributed by atoms with Crippen LogP contribution in [0.4, 0.5) is 0 Å². The van der Waals surface area contributed by atoms with Crippen LogP contribution in [-0.2, 0) is 14.3 Å². The van der Waals surface area contributed by atoms with Gasteiger partial charge in [0.15, 0.2) is 0 Å². The number of allylic oxidation sites excluding steroid dienone is 2. The third-order valence-corrected chi connectivity index (χ3v) is 7.46. The number of esters is 1. The number of carbonyl (C=O) groups excluding carboxylic acids is 2. The molecule has 7 atom stereocenters. The zero-order valence-corrected chi connectivity index (χ0v) is 22.7. The normalized spacial score (nSPS) is 28.7. The minimum absolute atomic E-state index is 0. The van der Waals surface area contributed by atoms with Gasteiger partial charge in [-0.1, -0.05) is 39.0 Å². The molecule has 0 saturated carbocycles. The van der Waals surface area contributed by atoms with Crippen molar-refractivity contribution in [2.24, 2.45) is 23.2 Å². The Morgan fingerprint density at radius 2 is 1.88 bits per heavy atom. The van der Waals surface area contributed by atoms with Gasteiger partial charge in [0.1, 0.15) is 6.10 Å². The molecule has 0 unspecified atom stereocenters. The van der Waals surface area contributed by atoms with Crippen molar-refractivity contribution in [1.29, 1.82) is 0 Å². The number of carboxylic acids is 1. The van der Waals surface area contributed by atoms with Crippen LogP contribution in [0.3, 0.4) is 0 Å². The average molecular weight is 475 g/mol. The van der Waals surface area contributed by atoms with Gasteiger partial charge in [-0.25, -0.2) is 0 Å². The summed E-state index contributed by atoms with van der Waals surface area (Å²) in [4.78, 5) is 23.6. The van der Waals surface area contributed by atoms with Crippen LogP contribution in [0.2, 0.25) is 0 Å². The Morgan fingerprint density at radius 1 is 1.24 bits per heavy atom. The molecule has 0 amide bonds. The first-order valence-corrected chi connectivity index (χ1v) is 11.9. The molecular formula is C25H39NaO7. The van der Waals surface area contributed by atoms with Crippen molar-refractivity contribution >= 4 is 11.9 Å². The van der Waals surface area contributed by atoms with E-state index in [1.54, 1.807) is 0 Å². The van der Waals surface area contributed by atoms with Crippen molar-refractivity contribution in [2.45, 2.75) is 97.1 Å². The van der Waals surface area contributed by atoms with E-state index in [1.165, 1.54) is 0 Å². The number of hydrogen-bond acceptors (Lipinski definition) is 7. The zero-order chi connectivity index (χ0) is 24.1. The number of carboxylic acid groups (broad SMARTS) is 1. The molecule has 33 heavy (non-hydrogen) atoms. The summed E-state index contributed by atoms with van der Waals surface area (Å²) < 4.78 is 6.02. The predicted molar refractivity (Wildman–Crippen MR) is 118 cm³/mol. The Bertz CT molecular complexity index is 716. The fourth-order valence-corrected chi connectivity index (χ4v) is 4.90. The Kier molecular flexibility index (Phi) is 12.3. The quantitative estimate of drug-likeness (QED) is 0.256. The van der Waals surface area contributed by atoms with Gasteiger partial charge in [0, 0.05) is 24.7 Å². The van der Waals surface area contributed by atoms with Crippen LogP contribution in [0.25, 0.3) is 0 Å². The largest absolute Gasteiger partial charge is 1.00 e. The third kappa shape index (κ3) is 8.18. The molecule has 0 saturated heterocycles. The fourth-order valence-electron chi connectivity index (χ4n) is 4.90. The number of fused-ring (bicyclic) bond motifs is 1. The van der Waals surface area contributed by atoms with Gasteiger partial charge in [-0.15, -0.1) is 0 Å². The summed E-state index contributed by atoms with van der Waals surface area (Å²) in [6.07, 6.45) is 4.94. The van der Waals surface area contributed by atoms with E-state index in [1.807, 2.05) is 32.9 Å². The minimum atomic E-state index is -1.35. The molecule has 8 heteroatoms. The summed E-state index contributed by atoms with van der Waals surface area (Å²) in [5.74, 6) is -1.41. The van der Waals surface area contributed by atoms with Crippen LogP contribution in [0.1, 0.15) is 72.6 Å². The fraction of sp³-hybridized carbons (Fsp3) is 0.760. The van der Waals surface area contributed by atoms with Crippen molar-refractivity contribution in [3.8, 4) is 0 Å². The second-order valence-corrected chi connectivity index (χ2v) is 9.79. The number of aliphatic hydroxyl groups is 3. The molecule has 0 aromatic carbocycles. The molecule has 0 fully saturated rings. The van der Waals surface area contributed by atoms with E-state index in [-0.39, 0.29) is 59.7 Å². The first-order valence-electron chi connectivity index (χ1n) is 11.9. The average Bonchev–Trinajstić information content (AvgIpc) is 2.71. The number of aliphatic carboxylic acids is 1. The predicted octanol–water partition coefficient (Wildman–Crippen LogP) is -1.11. The smallest absolute Gasteiger partial charge is 0.550 e. The van der Waals surface area contributed by atoms with E-state index in [4.69, 9.17) is 4.74 Å². The summed E-state index contributed by atoms with van der Waals surface area (Å²) in [6.45, 7) is 7.93. The van der Waals surface area contributed by atoms with E-state index in [0.29, 0.717) is 32.1 Å². The van der Waals surface area contributed by atoms with E-state index < -0.39 is 42.2 Å². The first kappa shape index (κ1) is 30.3. The van der Waals surface area contributed by atoms with Crippen molar-refractivity contribution < 1.29 is 64.3 Å². The van der Waals surface area contributed by atoms with Crippen LogP contribution in [-0.4, -0.2) is 51.7 Å². The topological polar surface area (TPSA) is 127 Å². The molecular weight excluding hydrogens is 435 g/mol. The molecule has 2 aliphatic rings. The second kappa shape index (κ2) is 13.4. The van der Waals surface area contributed by atoms with Gasteiger partial charge in [-0.2, -0.15) is 0 Å². The molecule has 0 spiro atoms. The van der Waals surface area contributed by atoms with Gasteiger partial charge in [0.25, 0.3) is 0 Å². The number of hydrogen-bond donors (Lipinski definition) is 3. The summed E-state index contributed by atoms with van der Waals surface area (Å²) in [6, 6.07) is 0. The molecule has 0 aliphatic heterocycles. The number of rotatable bonds is 11. The maximum absolute atomic E-state index is 13.0. The molecule has 0 aromatic rings. The van der Waals surface area contributed by atoms with Gasteiger partial charge in [-0.05, 0) is 56.4 Å². The number of aliphatic hydroxyl groups excluding tert-OH is 3. The maximum atomic E-state index is 13.0. The Hall–Kier alpha value is -0.700. The van der Waals surface area contributed by atoms with Gasteiger partial charge in [0.05, 0.1) is 23.7 Å². The summed E-state index contributed by atoms with van der Waals surface area (Å²) >= 11 is 0. The Labute approximate surface area is 219 Å². The minimum Gasteiger partial charge on any atom is -0.550 e. The van der Waals surface area contributed by atoms with Gasteiger partial charge < -0.3 is 30.0 Å². The zero-order valence-electron chi connectivity index (χ0n) is 20.7. The van der Waals surface area contributed by atoms with Crippen molar-refractivity contribution in [2.75, 3.05) is 0 Å². The van der Waals surface area contributed by atoms with Crippen LogP contribution in [0.5, 0.6) is 0 Å².